The highest BCUT2D eigenvalue weighted by Gasteiger charge is 2.21. The summed E-state index contributed by atoms with van der Waals surface area (Å²) < 4.78 is 12.8. The lowest BCUT2D eigenvalue weighted by Gasteiger charge is -2.16. The lowest BCUT2D eigenvalue weighted by molar-refractivity contribution is 0.310. The molecule has 4 nitrogen and oxygen atoms in total. The van der Waals surface area contributed by atoms with Crippen LogP contribution >= 0.6 is 15.9 Å². The normalized spacial score (nSPS) is 20.7. The topological polar surface area (TPSA) is 41.0 Å². The average Bonchev–Trinajstić information content (AvgIpc) is 2.77. The third-order valence-electron chi connectivity index (χ3n) is 2.85. The van der Waals surface area contributed by atoms with Gasteiger partial charge in [0.05, 0.1) is 19.1 Å². The van der Waals surface area contributed by atoms with Crippen molar-refractivity contribution < 1.29 is 4.39 Å². The number of halogens is 2. The van der Waals surface area contributed by atoms with E-state index in [0.717, 1.165) is 36.5 Å². The minimum atomic E-state index is -0.229. The summed E-state index contributed by atoms with van der Waals surface area (Å²) in [5.74, 6) is 0.797. The van der Waals surface area contributed by atoms with Gasteiger partial charge in [0.25, 0.3) is 0 Å². The molecule has 1 atom stereocenters. The first-order chi connectivity index (χ1) is 8.28. The van der Waals surface area contributed by atoms with Gasteiger partial charge in [0.1, 0.15) is 10.4 Å². The lowest BCUT2D eigenvalue weighted by Crippen LogP contribution is -2.27. The van der Waals surface area contributed by atoms with Gasteiger partial charge in [0, 0.05) is 25.7 Å². The van der Waals surface area contributed by atoms with Gasteiger partial charge in [0.2, 0.25) is 0 Å². The van der Waals surface area contributed by atoms with Crippen molar-refractivity contribution in [3.63, 3.8) is 0 Å². The molecular formula is C11H16BrFN4. The van der Waals surface area contributed by atoms with E-state index in [1.807, 2.05) is 0 Å². The summed E-state index contributed by atoms with van der Waals surface area (Å²) in [5, 5.41) is 3.34. The molecule has 0 aliphatic carbocycles. The quantitative estimate of drug-likeness (QED) is 0.904. The number of aromatic nitrogens is 2. The molecule has 1 saturated heterocycles. The third kappa shape index (κ3) is 3.89. The van der Waals surface area contributed by atoms with E-state index < -0.39 is 0 Å². The van der Waals surface area contributed by atoms with Crippen LogP contribution in [0, 0.1) is 0 Å². The Kier molecular flexibility index (Phi) is 4.67. The Hall–Kier alpha value is -0.750. The van der Waals surface area contributed by atoms with E-state index in [9.17, 15) is 4.39 Å². The lowest BCUT2D eigenvalue weighted by atomic mass is 10.3. The standard InChI is InChI=1S/C11H16BrFN4/c12-10-6-15-11(7-14-10)16-9-2-5-17(8-9)4-1-3-13/h6-7,9H,1-5,8H2,(H,15,16). The Balaban J connectivity index is 1.79. The molecule has 2 heterocycles. The molecule has 1 unspecified atom stereocenters. The number of alkyl halides is 1. The first kappa shape index (κ1) is 12.7. The van der Waals surface area contributed by atoms with Gasteiger partial charge in [-0.1, -0.05) is 0 Å². The van der Waals surface area contributed by atoms with Gasteiger partial charge in [-0.15, -0.1) is 0 Å². The van der Waals surface area contributed by atoms with Crippen molar-refractivity contribution in [2.45, 2.75) is 18.9 Å². The number of nitrogens with one attached hydrogen (secondary N) is 1. The number of likely N-dealkylation sites (tertiary alicyclic amines) is 1. The van der Waals surface area contributed by atoms with E-state index in [0.29, 0.717) is 12.5 Å². The average molecular weight is 303 g/mol. The maximum Gasteiger partial charge on any atom is 0.144 e. The predicted octanol–water partition coefficient (Wildman–Crippen LogP) is 2.08. The van der Waals surface area contributed by atoms with Crippen molar-refractivity contribution in [3.05, 3.63) is 17.0 Å². The second-order valence-corrected chi connectivity index (χ2v) is 5.01. The van der Waals surface area contributed by atoms with Crippen LogP contribution in [0.3, 0.4) is 0 Å². The Bertz CT molecular complexity index is 346. The van der Waals surface area contributed by atoms with E-state index in [1.165, 1.54) is 0 Å². The highest BCUT2D eigenvalue weighted by atomic mass is 79.9. The molecule has 1 aliphatic heterocycles. The van der Waals surface area contributed by atoms with Gasteiger partial charge in [-0.3, -0.25) is 4.39 Å². The molecule has 1 aromatic rings. The summed E-state index contributed by atoms with van der Waals surface area (Å²) in [7, 11) is 0. The van der Waals surface area contributed by atoms with Crippen LogP contribution < -0.4 is 5.32 Å². The number of nitrogens with zero attached hydrogens (tertiary/aromatic N) is 3. The van der Waals surface area contributed by atoms with Gasteiger partial charge in [-0.25, -0.2) is 9.97 Å². The Morgan fingerprint density at radius 3 is 3.06 bits per heavy atom. The van der Waals surface area contributed by atoms with Crippen LogP contribution in [0.15, 0.2) is 17.0 Å². The highest BCUT2D eigenvalue weighted by Crippen LogP contribution is 2.14. The van der Waals surface area contributed by atoms with Crippen LogP contribution in [-0.2, 0) is 0 Å². The second kappa shape index (κ2) is 6.26. The van der Waals surface area contributed by atoms with Crippen molar-refractivity contribution in [1.29, 1.82) is 0 Å². The summed E-state index contributed by atoms with van der Waals surface area (Å²) in [4.78, 5) is 10.6. The Labute approximate surface area is 109 Å². The molecule has 17 heavy (non-hydrogen) atoms. The molecule has 94 valence electrons. The molecule has 2 rings (SSSR count). The smallest absolute Gasteiger partial charge is 0.144 e. The van der Waals surface area contributed by atoms with Crippen LogP contribution in [-0.4, -0.2) is 47.2 Å². The number of rotatable bonds is 5. The van der Waals surface area contributed by atoms with Crippen molar-refractivity contribution >= 4 is 21.7 Å². The van der Waals surface area contributed by atoms with E-state index in [2.05, 4.69) is 36.1 Å². The van der Waals surface area contributed by atoms with E-state index in [4.69, 9.17) is 0 Å². The van der Waals surface area contributed by atoms with Gasteiger partial charge < -0.3 is 10.2 Å². The molecule has 0 bridgehead atoms. The molecule has 0 saturated carbocycles. The zero-order valence-electron chi connectivity index (χ0n) is 9.57. The second-order valence-electron chi connectivity index (χ2n) is 4.20. The maximum atomic E-state index is 12.1. The monoisotopic (exact) mass is 302 g/mol. The zero-order valence-corrected chi connectivity index (χ0v) is 11.2. The SMILES string of the molecule is FCCCN1CCC(Nc2cnc(Br)cn2)C1. The molecule has 6 heteroatoms. The van der Waals surface area contributed by atoms with E-state index >= 15 is 0 Å². The van der Waals surface area contributed by atoms with Gasteiger partial charge >= 0.3 is 0 Å². The minimum Gasteiger partial charge on any atom is -0.365 e. The largest absolute Gasteiger partial charge is 0.365 e. The molecule has 0 amide bonds. The molecule has 1 fully saturated rings. The van der Waals surface area contributed by atoms with E-state index in [-0.39, 0.29) is 6.67 Å². The molecule has 1 N–H and O–H groups in total. The number of anilines is 1. The summed E-state index contributed by atoms with van der Waals surface area (Å²) >= 11 is 3.25. The Morgan fingerprint density at radius 1 is 1.47 bits per heavy atom. The van der Waals surface area contributed by atoms with E-state index in [1.54, 1.807) is 12.4 Å². The van der Waals surface area contributed by atoms with Crippen molar-refractivity contribution in [2.24, 2.45) is 0 Å². The van der Waals surface area contributed by atoms with Gasteiger partial charge in [-0.2, -0.15) is 0 Å². The molecule has 0 spiro atoms. The number of hydrogen-bond donors (Lipinski definition) is 1. The fourth-order valence-corrected chi connectivity index (χ4v) is 2.24. The maximum absolute atomic E-state index is 12.1. The molecule has 0 radical (unpaired) electrons. The summed E-state index contributed by atoms with van der Waals surface area (Å²) in [6, 6.07) is 0.394. The van der Waals surface area contributed by atoms with Crippen LogP contribution in [0.4, 0.5) is 10.2 Å². The molecule has 1 aromatic heterocycles. The van der Waals surface area contributed by atoms with Crippen molar-refractivity contribution in [3.8, 4) is 0 Å². The van der Waals surface area contributed by atoms with Crippen LogP contribution in [0.1, 0.15) is 12.8 Å². The zero-order chi connectivity index (χ0) is 12.1. The third-order valence-corrected chi connectivity index (χ3v) is 3.26. The first-order valence-electron chi connectivity index (χ1n) is 5.80. The van der Waals surface area contributed by atoms with Gasteiger partial charge in [0.15, 0.2) is 0 Å². The highest BCUT2D eigenvalue weighted by molar-refractivity contribution is 9.10. The van der Waals surface area contributed by atoms with Gasteiger partial charge in [-0.05, 0) is 28.8 Å². The molecule has 0 aromatic carbocycles. The first-order valence-corrected chi connectivity index (χ1v) is 6.59. The predicted molar refractivity (Wildman–Crippen MR) is 68.8 cm³/mol. The Morgan fingerprint density at radius 2 is 2.35 bits per heavy atom. The summed E-state index contributed by atoms with van der Waals surface area (Å²) in [6.07, 6.45) is 5.10. The fourth-order valence-electron chi connectivity index (χ4n) is 2.03. The van der Waals surface area contributed by atoms with Crippen LogP contribution in [0.5, 0.6) is 0 Å². The summed E-state index contributed by atoms with van der Waals surface area (Å²) in [5.41, 5.74) is 0. The van der Waals surface area contributed by atoms with Crippen molar-refractivity contribution in [2.75, 3.05) is 31.6 Å². The molecule has 1 aliphatic rings. The summed E-state index contributed by atoms with van der Waals surface area (Å²) in [6.45, 7) is 2.60. The fraction of sp³-hybridized carbons (Fsp3) is 0.636. The van der Waals surface area contributed by atoms with Crippen LogP contribution in [0.25, 0.3) is 0 Å². The van der Waals surface area contributed by atoms with Crippen LogP contribution in [0.2, 0.25) is 0 Å². The minimum absolute atomic E-state index is 0.229. The molecular weight excluding hydrogens is 287 g/mol. The number of hydrogen-bond acceptors (Lipinski definition) is 4. The van der Waals surface area contributed by atoms with Crippen molar-refractivity contribution in [1.82, 2.24) is 14.9 Å².